The van der Waals surface area contributed by atoms with Crippen molar-refractivity contribution in [2.75, 3.05) is 13.7 Å². The van der Waals surface area contributed by atoms with Crippen LogP contribution < -0.4 is 10.5 Å². The van der Waals surface area contributed by atoms with Gasteiger partial charge in [-0.25, -0.2) is 0 Å². The maximum atomic E-state index is 9.70. The molecule has 0 amide bonds. The summed E-state index contributed by atoms with van der Waals surface area (Å²) in [6, 6.07) is 2.87. The lowest BCUT2D eigenvalue weighted by molar-refractivity contribution is 0.264. The second kappa shape index (κ2) is 4.30. The number of aryl methyl sites for hydroxylation is 1. The fourth-order valence-electron chi connectivity index (χ4n) is 1.31. The molecule has 1 rings (SSSR count). The first-order valence-electron chi connectivity index (χ1n) is 4.34. The van der Waals surface area contributed by atoms with Crippen molar-refractivity contribution in [3.8, 4) is 11.5 Å². The van der Waals surface area contributed by atoms with E-state index in [4.69, 9.17) is 15.6 Å². The van der Waals surface area contributed by atoms with Crippen molar-refractivity contribution >= 4 is 0 Å². The predicted molar refractivity (Wildman–Crippen MR) is 53.4 cm³/mol. The standard InChI is InChI=1S/C10H15NO3/c1-6-3-7(8(11)5-12)10(13)9(4-6)14-2/h3-4,8,12-13H,5,11H2,1-2H3/t8-/m1/s1. The molecule has 0 aliphatic heterocycles. The highest BCUT2D eigenvalue weighted by atomic mass is 16.5. The van der Waals surface area contributed by atoms with Crippen molar-refractivity contribution in [2.24, 2.45) is 5.73 Å². The molecule has 0 radical (unpaired) electrons. The zero-order chi connectivity index (χ0) is 10.7. The van der Waals surface area contributed by atoms with Crippen LogP contribution in [0.3, 0.4) is 0 Å². The molecule has 0 fully saturated rings. The van der Waals surface area contributed by atoms with Crippen LogP contribution in [0.2, 0.25) is 0 Å². The van der Waals surface area contributed by atoms with Crippen LogP contribution in [0.25, 0.3) is 0 Å². The summed E-state index contributed by atoms with van der Waals surface area (Å²) in [6.07, 6.45) is 0. The summed E-state index contributed by atoms with van der Waals surface area (Å²) in [5.41, 5.74) is 7.06. The fourth-order valence-corrected chi connectivity index (χ4v) is 1.31. The number of ether oxygens (including phenoxy) is 1. The van der Waals surface area contributed by atoms with Crippen LogP contribution in [-0.2, 0) is 0 Å². The van der Waals surface area contributed by atoms with Gasteiger partial charge in [0.15, 0.2) is 11.5 Å². The average Bonchev–Trinajstić information content (AvgIpc) is 2.19. The molecular weight excluding hydrogens is 182 g/mol. The van der Waals surface area contributed by atoms with Crippen LogP contribution in [0.4, 0.5) is 0 Å². The second-order valence-corrected chi connectivity index (χ2v) is 3.19. The lowest BCUT2D eigenvalue weighted by Gasteiger charge is -2.14. The Bertz CT molecular complexity index is 325. The Hall–Kier alpha value is -1.26. The molecule has 0 heterocycles. The quantitative estimate of drug-likeness (QED) is 0.666. The number of nitrogens with two attached hydrogens (primary N) is 1. The maximum Gasteiger partial charge on any atom is 0.162 e. The molecule has 4 N–H and O–H groups in total. The fraction of sp³-hybridized carbons (Fsp3) is 0.400. The largest absolute Gasteiger partial charge is 0.504 e. The Labute approximate surface area is 82.9 Å². The van der Waals surface area contributed by atoms with Crippen molar-refractivity contribution in [1.29, 1.82) is 0 Å². The lowest BCUT2D eigenvalue weighted by Crippen LogP contribution is -2.15. The summed E-state index contributed by atoms with van der Waals surface area (Å²) < 4.78 is 4.97. The van der Waals surface area contributed by atoms with Gasteiger partial charge in [0.1, 0.15) is 0 Å². The lowest BCUT2D eigenvalue weighted by atomic mass is 10.0. The molecule has 0 saturated carbocycles. The highest BCUT2D eigenvalue weighted by molar-refractivity contribution is 5.49. The third-order valence-electron chi connectivity index (χ3n) is 2.06. The molecule has 4 heteroatoms. The minimum Gasteiger partial charge on any atom is -0.504 e. The van der Waals surface area contributed by atoms with Crippen LogP contribution in [0, 0.1) is 6.92 Å². The number of benzene rings is 1. The summed E-state index contributed by atoms with van der Waals surface area (Å²) in [7, 11) is 1.47. The molecular formula is C10H15NO3. The highest BCUT2D eigenvalue weighted by Gasteiger charge is 2.14. The number of methoxy groups -OCH3 is 1. The number of rotatable bonds is 3. The molecule has 0 aromatic heterocycles. The molecule has 1 aromatic rings. The molecule has 1 aromatic carbocycles. The summed E-state index contributed by atoms with van der Waals surface area (Å²) >= 11 is 0. The Kier molecular flexibility index (Phi) is 3.33. The smallest absolute Gasteiger partial charge is 0.162 e. The van der Waals surface area contributed by atoms with E-state index in [0.717, 1.165) is 5.56 Å². The normalized spacial score (nSPS) is 12.6. The zero-order valence-corrected chi connectivity index (χ0v) is 8.32. The topological polar surface area (TPSA) is 75.7 Å². The Morgan fingerprint density at radius 3 is 2.64 bits per heavy atom. The Morgan fingerprint density at radius 2 is 2.14 bits per heavy atom. The van der Waals surface area contributed by atoms with E-state index < -0.39 is 6.04 Å². The number of hydrogen-bond acceptors (Lipinski definition) is 4. The number of aliphatic hydroxyl groups excluding tert-OH is 1. The molecule has 0 aliphatic carbocycles. The van der Waals surface area contributed by atoms with E-state index in [1.54, 1.807) is 12.1 Å². The van der Waals surface area contributed by atoms with E-state index in [0.29, 0.717) is 11.3 Å². The van der Waals surface area contributed by atoms with Crippen molar-refractivity contribution < 1.29 is 14.9 Å². The van der Waals surface area contributed by atoms with Crippen LogP contribution >= 0.6 is 0 Å². The number of phenols is 1. The van der Waals surface area contributed by atoms with E-state index in [-0.39, 0.29) is 12.4 Å². The van der Waals surface area contributed by atoms with Gasteiger partial charge in [0.05, 0.1) is 19.8 Å². The van der Waals surface area contributed by atoms with E-state index in [9.17, 15) is 5.11 Å². The van der Waals surface area contributed by atoms with Crippen molar-refractivity contribution in [2.45, 2.75) is 13.0 Å². The van der Waals surface area contributed by atoms with E-state index in [1.807, 2.05) is 6.92 Å². The van der Waals surface area contributed by atoms with Gasteiger partial charge in [0.25, 0.3) is 0 Å². The number of aliphatic hydroxyl groups is 1. The molecule has 0 unspecified atom stereocenters. The van der Waals surface area contributed by atoms with E-state index in [2.05, 4.69) is 0 Å². The minimum atomic E-state index is -0.580. The molecule has 0 saturated heterocycles. The zero-order valence-electron chi connectivity index (χ0n) is 8.32. The Morgan fingerprint density at radius 1 is 1.50 bits per heavy atom. The predicted octanol–water partition coefficient (Wildman–Crippen LogP) is 0.701. The summed E-state index contributed by atoms with van der Waals surface area (Å²) in [6.45, 7) is 1.66. The number of phenolic OH excluding ortho intramolecular Hbond substituents is 1. The van der Waals surface area contributed by atoms with Crippen LogP contribution in [-0.4, -0.2) is 23.9 Å². The third kappa shape index (κ3) is 1.97. The molecule has 78 valence electrons. The van der Waals surface area contributed by atoms with Crippen molar-refractivity contribution in [3.63, 3.8) is 0 Å². The van der Waals surface area contributed by atoms with Gasteiger partial charge in [-0.1, -0.05) is 6.07 Å². The molecule has 4 nitrogen and oxygen atoms in total. The van der Waals surface area contributed by atoms with Crippen molar-refractivity contribution in [1.82, 2.24) is 0 Å². The first-order valence-corrected chi connectivity index (χ1v) is 4.34. The summed E-state index contributed by atoms with van der Waals surface area (Å²) in [5.74, 6) is 0.378. The van der Waals surface area contributed by atoms with Gasteiger partial charge in [0, 0.05) is 5.56 Å². The Balaban J connectivity index is 3.21. The SMILES string of the molecule is COc1cc(C)cc([C@H](N)CO)c1O. The van der Waals surface area contributed by atoms with Gasteiger partial charge in [-0.05, 0) is 18.6 Å². The van der Waals surface area contributed by atoms with Gasteiger partial charge in [0.2, 0.25) is 0 Å². The van der Waals surface area contributed by atoms with Gasteiger partial charge in [-0.15, -0.1) is 0 Å². The monoisotopic (exact) mass is 197 g/mol. The highest BCUT2D eigenvalue weighted by Crippen LogP contribution is 2.33. The molecule has 0 bridgehead atoms. The maximum absolute atomic E-state index is 9.70. The molecule has 0 spiro atoms. The van der Waals surface area contributed by atoms with Crippen LogP contribution in [0.1, 0.15) is 17.2 Å². The summed E-state index contributed by atoms with van der Waals surface area (Å²) in [5, 5.41) is 18.6. The van der Waals surface area contributed by atoms with Gasteiger partial charge in [-0.3, -0.25) is 0 Å². The van der Waals surface area contributed by atoms with Gasteiger partial charge >= 0.3 is 0 Å². The van der Waals surface area contributed by atoms with E-state index >= 15 is 0 Å². The minimum absolute atomic E-state index is 0.000324. The first-order chi connectivity index (χ1) is 6.60. The van der Waals surface area contributed by atoms with Gasteiger partial charge < -0.3 is 20.7 Å². The first kappa shape index (κ1) is 10.8. The van der Waals surface area contributed by atoms with Crippen molar-refractivity contribution in [3.05, 3.63) is 23.3 Å². The average molecular weight is 197 g/mol. The molecule has 1 atom stereocenters. The molecule has 0 aliphatic rings. The van der Waals surface area contributed by atoms with Crippen LogP contribution in [0.5, 0.6) is 11.5 Å². The second-order valence-electron chi connectivity index (χ2n) is 3.19. The van der Waals surface area contributed by atoms with Crippen LogP contribution in [0.15, 0.2) is 12.1 Å². The number of aromatic hydroxyl groups is 1. The number of hydrogen-bond donors (Lipinski definition) is 3. The van der Waals surface area contributed by atoms with E-state index in [1.165, 1.54) is 7.11 Å². The van der Waals surface area contributed by atoms with Gasteiger partial charge in [-0.2, -0.15) is 0 Å². The summed E-state index contributed by atoms with van der Waals surface area (Å²) in [4.78, 5) is 0. The molecule has 14 heavy (non-hydrogen) atoms. The third-order valence-corrected chi connectivity index (χ3v) is 2.06.